The van der Waals surface area contributed by atoms with Crippen molar-refractivity contribution in [3.63, 3.8) is 0 Å². The Morgan fingerprint density at radius 1 is 1.29 bits per heavy atom. The lowest BCUT2D eigenvalue weighted by atomic mass is 9.62. The summed E-state index contributed by atoms with van der Waals surface area (Å²) in [6, 6.07) is 3.53. The van der Waals surface area contributed by atoms with E-state index in [1.807, 2.05) is 0 Å². The lowest BCUT2D eigenvalue weighted by Crippen LogP contribution is -2.53. The Hall–Kier alpha value is -1.03. The Morgan fingerprint density at radius 2 is 1.86 bits per heavy atom. The predicted molar refractivity (Wildman–Crippen MR) is 49.2 cm³/mol. The quantitative estimate of drug-likeness (QED) is 0.785. The molecule has 2 N–H and O–H groups in total. The predicted octanol–water partition coefficient (Wildman–Crippen LogP) is 1.71. The van der Waals surface area contributed by atoms with Crippen LogP contribution in [0.4, 0.5) is 8.78 Å². The first-order valence-corrected chi connectivity index (χ1v) is 4.56. The van der Waals surface area contributed by atoms with Gasteiger partial charge in [-0.15, -0.1) is 0 Å². The number of hydrogen-bond acceptors (Lipinski definition) is 2. The fourth-order valence-electron chi connectivity index (χ4n) is 2.11. The first-order chi connectivity index (χ1) is 6.58. The Bertz CT molecular complexity index is 316. The zero-order chi connectivity index (χ0) is 10.2. The van der Waals surface area contributed by atoms with Gasteiger partial charge in [-0.1, -0.05) is 0 Å². The van der Waals surface area contributed by atoms with Crippen molar-refractivity contribution in [3.8, 4) is 0 Å². The van der Waals surface area contributed by atoms with Crippen molar-refractivity contribution in [2.45, 2.75) is 24.2 Å². The van der Waals surface area contributed by atoms with E-state index in [0.29, 0.717) is 0 Å². The molecule has 2 nitrogen and oxygen atoms in total. The van der Waals surface area contributed by atoms with E-state index in [1.165, 1.54) is 0 Å². The number of alkyl halides is 2. The molecule has 2 rings (SSSR count). The molecule has 1 aliphatic carbocycles. The summed E-state index contributed by atoms with van der Waals surface area (Å²) in [5.41, 5.74) is 5.92. The van der Waals surface area contributed by atoms with E-state index in [0.717, 1.165) is 5.56 Å². The average Bonchev–Trinajstić information content (AvgIpc) is 2.15. The largest absolute Gasteiger partial charge is 0.330 e. The molecule has 0 unspecified atom stereocenters. The molecule has 0 atom stereocenters. The van der Waals surface area contributed by atoms with E-state index in [-0.39, 0.29) is 19.4 Å². The maximum Gasteiger partial charge on any atom is 0.250 e. The molecule has 0 spiro atoms. The summed E-state index contributed by atoms with van der Waals surface area (Å²) in [5.74, 6) is -2.54. The number of rotatable bonds is 2. The third-order valence-corrected chi connectivity index (χ3v) is 2.88. The summed E-state index contributed by atoms with van der Waals surface area (Å²) in [5, 5.41) is 0. The first-order valence-electron chi connectivity index (χ1n) is 4.56. The van der Waals surface area contributed by atoms with Gasteiger partial charge in [-0.05, 0) is 17.7 Å². The van der Waals surface area contributed by atoms with Crippen LogP contribution in [0.1, 0.15) is 18.4 Å². The number of nitrogens with two attached hydrogens (primary N) is 1. The van der Waals surface area contributed by atoms with Gasteiger partial charge >= 0.3 is 0 Å². The van der Waals surface area contributed by atoms with Crippen LogP contribution in [0, 0.1) is 0 Å². The summed E-state index contributed by atoms with van der Waals surface area (Å²) >= 11 is 0. The van der Waals surface area contributed by atoms with Gasteiger partial charge in [-0.25, -0.2) is 8.78 Å². The van der Waals surface area contributed by atoms with Gasteiger partial charge in [0, 0.05) is 37.2 Å². The molecule has 0 aliphatic heterocycles. The average molecular weight is 198 g/mol. The van der Waals surface area contributed by atoms with Crippen LogP contribution >= 0.6 is 0 Å². The first kappa shape index (κ1) is 9.52. The molecule has 1 saturated carbocycles. The summed E-state index contributed by atoms with van der Waals surface area (Å²) in [6.07, 6.45) is 2.95. The van der Waals surface area contributed by atoms with Crippen molar-refractivity contribution >= 4 is 0 Å². The van der Waals surface area contributed by atoms with Gasteiger partial charge in [0.2, 0.25) is 5.92 Å². The number of aromatic nitrogens is 1. The van der Waals surface area contributed by atoms with Crippen molar-refractivity contribution < 1.29 is 8.78 Å². The van der Waals surface area contributed by atoms with E-state index in [1.54, 1.807) is 24.5 Å². The second-order valence-corrected chi connectivity index (χ2v) is 3.93. The zero-order valence-electron chi connectivity index (χ0n) is 7.71. The maximum absolute atomic E-state index is 12.8. The molecule has 0 radical (unpaired) electrons. The zero-order valence-corrected chi connectivity index (χ0v) is 7.71. The fraction of sp³-hybridized carbons (Fsp3) is 0.500. The van der Waals surface area contributed by atoms with Crippen LogP contribution in [0.15, 0.2) is 24.5 Å². The van der Waals surface area contributed by atoms with Crippen molar-refractivity contribution in [1.82, 2.24) is 4.98 Å². The highest BCUT2D eigenvalue weighted by Gasteiger charge is 2.56. The van der Waals surface area contributed by atoms with Crippen molar-refractivity contribution in [2.75, 3.05) is 6.54 Å². The second-order valence-electron chi connectivity index (χ2n) is 3.93. The van der Waals surface area contributed by atoms with E-state index in [9.17, 15) is 8.78 Å². The highest BCUT2D eigenvalue weighted by molar-refractivity contribution is 5.29. The molecule has 0 bridgehead atoms. The summed E-state index contributed by atoms with van der Waals surface area (Å²) in [6.45, 7) is 0.270. The minimum atomic E-state index is -2.54. The van der Waals surface area contributed by atoms with Crippen LogP contribution in [0.3, 0.4) is 0 Å². The molecular formula is C10H12F2N2. The number of halogens is 2. The fourth-order valence-corrected chi connectivity index (χ4v) is 2.11. The topological polar surface area (TPSA) is 38.9 Å². The molecule has 1 fully saturated rings. The van der Waals surface area contributed by atoms with E-state index < -0.39 is 11.3 Å². The van der Waals surface area contributed by atoms with Crippen LogP contribution in [0.2, 0.25) is 0 Å². The van der Waals surface area contributed by atoms with Crippen molar-refractivity contribution in [3.05, 3.63) is 30.1 Å². The monoisotopic (exact) mass is 198 g/mol. The third-order valence-electron chi connectivity index (χ3n) is 2.88. The summed E-state index contributed by atoms with van der Waals surface area (Å²) in [7, 11) is 0. The van der Waals surface area contributed by atoms with Crippen LogP contribution in [0.5, 0.6) is 0 Å². The summed E-state index contributed by atoms with van der Waals surface area (Å²) < 4.78 is 25.7. The number of pyridine rings is 1. The SMILES string of the molecule is NCC1(c2ccncc2)CC(F)(F)C1. The van der Waals surface area contributed by atoms with Crippen LogP contribution < -0.4 is 5.73 Å². The van der Waals surface area contributed by atoms with Gasteiger partial charge in [-0.2, -0.15) is 0 Å². The van der Waals surface area contributed by atoms with Crippen LogP contribution in [-0.4, -0.2) is 17.5 Å². The molecule has 1 heterocycles. The Kier molecular flexibility index (Phi) is 2.03. The highest BCUT2D eigenvalue weighted by atomic mass is 19.3. The van der Waals surface area contributed by atoms with Gasteiger partial charge in [0.15, 0.2) is 0 Å². The maximum atomic E-state index is 12.8. The van der Waals surface area contributed by atoms with Crippen LogP contribution in [-0.2, 0) is 5.41 Å². The summed E-state index contributed by atoms with van der Waals surface area (Å²) in [4.78, 5) is 3.86. The van der Waals surface area contributed by atoms with Gasteiger partial charge in [0.05, 0.1) is 0 Å². The van der Waals surface area contributed by atoms with Gasteiger partial charge in [0.1, 0.15) is 0 Å². The van der Waals surface area contributed by atoms with Gasteiger partial charge in [-0.3, -0.25) is 4.98 Å². The molecule has 76 valence electrons. The van der Waals surface area contributed by atoms with Crippen LogP contribution in [0.25, 0.3) is 0 Å². The Labute approximate surface area is 81.1 Å². The van der Waals surface area contributed by atoms with E-state index in [2.05, 4.69) is 4.98 Å². The normalized spacial score (nSPS) is 22.8. The third kappa shape index (κ3) is 1.39. The second kappa shape index (κ2) is 2.98. The Balaban J connectivity index is 2.25. The molecule has 1 aromatic rings. The van der Waals surface area contributed by atoms with E-state index in [4.69, 9.17) is 5.73 Å². The molecule has 0 amide bonds. The minimum Gasteiger partial charge on any atom is -0.330 e. The molecule has 4 heteroatoms. The molecule has 0 aromatic carbocycles. The molecule has 1 aliphatic rings. The van der Waals surface area contributed by atoms with Gasteiger partial charge < -0.3 is 5.73 Å². The number of nitrogens with zero attached hydrogens (tertiary/aromatic N) is 1. The minimum absolute atomic E-state index is 0.138. The Morgan fingerprint density at radius 3 is 2.29 bits per heavy atom. The lowest BCUT2D eigenvalue weighted by Gasteiger charge is -2.47. The van der Waals surface area contributed by atoms with E-state index >= 15 is 0 Å². The molecule has 1 aromatic heterocycles. The van der Waals surface area contributed by atoms with Gasteiger partial charge in [0.25, 0.3) is 0 Å². The van der Waals surface area contributed by atoms with Crippen molar-refractivity contribution in [1.29, 1.82) is 0 Å². The number of hydrogen-bond donors (Lipinski definition) is 1. The van der Waals surface area contributed by atoms with Crippen molar-refractivity contribution in [2.24, 2.45) is 5.73 Å². The highest BCUT2D eigenvalue weighted by Crippen LogP contribution is 2.52. The smallest absolute Gasteiger partial charge is 0.250 e. The molecule has 0 saturated heterocycles. The molecular weight excluding hydrogens is 186 g/mol. The standard InChI is InChI=1S/C10H12F2N2/c11-10(12)5-9(6-10,7-13)8-1-3-14-4-2-8/h1-4H,5-7,13H2. The lowest BCUT2D eigenvalue weighted by molar-refractivity contribution is -0.123. The molecule has 14 heavy (non-hydrogen) atoms.